The molecule has 2 bridgehead atoms. The van der Waals surface area contributed by atoms with Gasteiger partial charge in [0, 0.05) is 18.9 Å². The van der Waals surface area contributed by atoms with Crippen LogP contribution < -0.4 is 0 Å². The monoisotopic (exact) mass is 258 g/mol. The lowest BCUT2D eigenvalue weighted by molar-refractivity contribution is -0.170. The highest BCUT2D eigenvalue weighted by atomic mass is 16.5. The van der Waals surface area contributed by atoms with Gasteiger partial charge in [0.2, 0.25) is 0 Å². The van der Waals surface area contributed by atoms with Crippen LogP contribution in [0.3, 0.4) is 0 Å². The van der Waals surface area contributed by atoms with Gasteiger partial charge in [0.05, 0.1) is 5.60 Å². The molecule has 1 aromatic carbocycles. The van der Waals surface area contributed by atoms with Gasteiger partial charge in [-0.1, -0.05) is 37.3 Å². The van der Waals surface area contributed by atoms with Crippen molar-refractivity contribution in [2.24, 2.45) is 11.3 Å². The second kappa shape index (κ2) is 4.17. The molecule has 3 fully saturated rings. The van der Waals surface area contributed by atoms with Crippen molar-refractivity contribution in [2.75, 3.05) is 7.11 Å². The van der Waals surface area contributed by atoms with Gasteiger partial charge >= 0.3 is 0 Å². The maximum Gasteiger partial charge on any atom is 0.139 e. The first-order valence-corrected chi connectivity index (χ1v) is 7.13. The van der Waals surface area contributed by atoms with Gasteiger partial charge < -0.3 is 4.74 Å². The van der Waals surface area contributed by atoms with Gasteiger partial charge in [-0.15, -0.1) is 0 Å². The van der Waals surface area contributed by atoms with E-state index in [9.17, 15) is 4.79 Å². The van der Waals surface area contributed by atoms with Crippen molar-refractivity contribution in [1.82, 2.24) is 0 Å². The number of fused-ring (bicyclic) bond motifs is 3. The van der Waals surface area contributed by atoms with E-state index < -0.39 is 0 Å². The van der Waals surface area contributed by atoms with Crippen molar-refractivity contribution in [3.63, 3.8) is 0 Å². The fourth-order valence-electron chi connectivity index (χ4n) is 4.27. The van der Waals surface area contributed by atoms with Crippen LogP contribution in [-0.4, -0.2) is 18.5 Å². The summed E-state index contributed by atoms with van der Waals surface area (Å²) in [6.45, 7) is 4.31. The van der Waals surface area contributed by atoms with Gasteiger partial charge in [0.1, 0.15) is 5.78 Å². The second-order valence-corrected chi connectivity index (χ2v) is 6.63. The van der Waals surface area contributed by atoms with E-state index in [0.29, 0.717) is 24.0 Å². The van der Waals surface area contributed by atoms with Gasteiger partial charge in [-0.3, -0.25) is 4.79 Å². The fraction of sp³-hybridized carbons (Fsp3) is 0.588. The predicted octanol–water partition coefficient (Wildman–Crippen LogP) is 3.56. The first kappa shape index (κ1) is 12.9. The summed E-state index contributed by atoms with van der Waals surface area (Å²) in [5.74, 6) is 1.13. The molecule has 19 heavy (non-hydrogen) atoms. The van der Waals surface area contributed by atoms with E-state index in [1.165, 1.54) is 5.56 Å². The molecule has 4 rings (SSSR count). The van der Waals surface area contributed by atoms with Crippen LogP contribution in [0.5, 0.6) is 0 Å². The largest absolute Gasteiger partial charge is 0.378 e. The number of carbonyl (C=O) groups excluding carboxylic acids is 1. The third kappa shape index (κ3) is 1.77. The van der Waals surface area contributed by atoms with E-state index in [-0.39, 0.29) is 11.0 Å². The molecule has 0 aromatic heterocycles. The summed E-state index contributed by atoms with van der Waals surface area (Å²) in [6.07, 6.45) is 2.60. The molecular weight excluding hydrogens is 236 g/mol. The number of ketones is 1. The Hall–Kier alpha value is -1.15. The van der Waals surface area contributed by atoms with Crippen LogP contribution in [0.2, 0.25) is 0 Å². The van der Waals surface area contributed by atoms with Crippen molar-refractivity contribution >= 4 is 5.78 Å². The summed E-state index contributed by atoms with van der Waals surface area (Å²) in [6, 6.07) is 10.5. The number of carbonyl (C=O) groups is 1. The number of ether oxygens (including phenoxy) is 1. The molecule has 0 spiro atoms. The SMILES string of the molecule is CO[C@]1(C)C[C@]2(C)C(=O)C[C@H]1C[C@H]2c1ccccc1. The lowest BCUT2D eigenvalue weighted by Gasteiger charge is -2.57. The van der Waals surface area contributed by atoms with Gasteiger partial charge in [-0.25, -0.2) is 0 Å². The number of benzene rings is 1. The zero-order valence-corrected chi connectivity index (χ0v) is 12.0. The lowest BCUT2D eigenvalue weighted by atomic mass is 9.49. The summed E-state index contributed by atoms with van der Waals surface area (Å²) in [5, 5.41) is 0. The van der Waals surface area contributed by atoms with Gasteiger partial charge in [0.25, 0.3) is 0 Å². The van der Waals surface area contributed by atoms with E-state index in [0.717, 1.165) is 12.8 Å². The zero-order valence-electron chi connectivity index (χ0n) is 12.0. The molecule has 0 radical (unpaired) electrons. The minimum Gasteiger partial charge on any atom is -0.378 e. The summed E-state index contributed by atoms with van der Waals surface area (Å²) >= 11 is 0. The molecule has 2 heteroatoms. The van der Waals surface area contributed by atoms with E-state index in [1.54, 1.807) is 7.11 Å². The highest BCUT2D eigenvalue weighted by molar-refractivity contribution is 5.88. The molecule has 3 aliphatic carbocycles. The van der Waals surface area contributed by atoms with Crippen molar-refractivity contribution in [1.29, 1.82) is 0 Å². The van der Waals surface area contributed by atoms with Gasteiger partial charge in [-0.2, -0.15) is 0 Å². The Bertz CT molecular complexity index is 495. The molecule has 102 valence electrons. The standard InChI is InChI=1S/C17H22O2/c1-16-11-17(2,19-3)13(10-15(16)18)9-14(16)12-7-5-4-6-8-12/h4-8,13-14H,9-11H2,1-3H3/t13-,14+,16+,17-/m1/s1. The molecule has 0 saturated heterocycles. The molecule has 0 heterocycles. The third-order valence-electron chi connectivity index (χ3n) is 5.61. The number of hydrogen-bond acceptors (Lipinski definition) is 2. The van der Waals surface area contributed by atoms with Crippen molar-refractivity contribution in [3.05, 3.63) is 35.9 Å². The first-order valence-electron chi connectivity index (χ1n) is 7.13. The van der Waals surface area contributed by atoms with Crippen LogP contribution >= 0.6 is 0 Å². The topological polar surface area (TPSA) is 26.3 Å². The van der Waals surface area contributed by atoms with E-state index in [2.05, 4.69) is 38.1 Å². The Morgan fingerprint density at radius 1 is 1.21 bits per heavy atom. The van der Waals surface area contributed by atoms with Crippen LogP contribution in [0.4, 0.5) is 0 Å². The Kier molecular flexibility index (Phi) is 2.82. The number of Topliss-reactive ketones (excluding diaryl/α,β-unsaturated/α-hetero) is 1. The normalized spacial score (nSPS) is 41.5. The minimum absolute atomic E-state index is 0.131. The average Bonchev–Trinajstić information content (AvgIpc) is 2.41. The molecule has 1 aromatic rings. The van der Waals surface area contributed by atoms with Gasteiger partial charge in [-0.05, 0) is 37.2 Å². The highest BCUT2D eigenvalue weighted by Gasteiger charge is 2.59. The van der Waals surface area contributed by atoms with E-state index in [4.69, 9.17) is 4.74 Å². The molecule has 0 unspecified atom stereocenters. The van der Waals surface area contributed by atoms with Gasteiger partial charge in [0.15, 0.2) is 0 Å². The Balaban J connectivity index is 2.01. The molecule has 4 atom stereocenters. The maximum atomic E-state index is 12.5. The third-order valence-corrected chi connectivity index (χ3v) is 5.61. The second-order valence-electron chi connectivity index (χ2n) is 6.63. The fourth-order valence-corrected chi connectivity index (χ4v) is 4.27. The Morgan fingerprint density at radius 3 is 2.53 bits per heavy atom. The molecule has 0 amide bonds. The van der Waals surface area contributed by atoms with E-state index >= 15 is 0 Å². The van der Waals surface area contributed by atoms with Crippen LogP contribution in [0.1, 0.15) is 44.6 Å². The quantitative estimate of drug-likeness (QED) is 0.810. The first-order chi connectivity index (χ1) is 8.99. The van der Waals surface area contributed by atoms with Crippen LogP contribution in [0.15, 0.2) is 30.3 Å². The molecule has 0 aliphatic heterocycles. The summed E-state index contributed by atoms with van der Waals surface area (Å²) in [4.78, 5) is 12.5. The number of hydrogen-bond donors (Lipinski definition) is 0. The van der Waals surface area contributed by atoms with Crippen molar-refractivity contribution < 1.29 is 9.53 Å². The minimum atomic E-state index is -0.263. The van der Waals surface area contributed by atoms with Crippen LogP contribution in [0, 0.1) is 11.3 Å². The molecular formula is C17H22O2. The number of rotatable bonds is 2. The Morgan fingerprint density at radius 2 is 1.89 bits per heavy atom. The zero-order chi connectivity index (χ0) is 13.7. The molecule has 3 saturated carbocycles. The summed E-state index contributed by atoms with van der Waals surface area (Å²) in [7, 11) is 1.78. The van der Waals surface area contributed by atoms with Crippen LogP contribution in [0.25, 0.3) is 0 Å². The average molecular weight is 258 g/mol. The lowest BCUT2D eigenvalue weighted by Crippen LogP contribution is -2.58. The maximum absolute atomic E-state index is 12.5. The predicted molar refractivity (Wildman–Crippen MR) is 75.1 cm³/mol. The summed E-state index contributed by atoms with van der Waals surface area (Å²) in [5.41, 5.74) is 0.913. The van der Waals surface area contributed by atoms with Crippen molar-refractivity contribution in [3.8, 4) is 0 Å². The highest BCUT2D eigenvalue weighted by Crippen LogP contribution is 2.60. The Labute approximate surface area is 115 Å². The molecule has 2 nitrogen and oxygen atoms in total. The van der Waals surface area contributed by atoms with E-state index in [1.807, 2.05) is 6.07 Å². The van der Waals surface area contributed by atoms with Crippen LogP contribution in [-0.2, 0) is 9.53 Å². The van der Waals surface area contributed by atoms with Crippen molar-refractivity contribution in [2.45, 2.75) is 44.6 Å². The summed E-state index contributed by atoms with van der Waals surface area (Å²) < 4.78 is 5.76. The number of methoxy groups -OCH3 is 1. The molecule has 3 aliphatic rings. The smallest absolute Gasteiger partial charge is 0.139 e. The molecule has 0 N–H and O–H groups in total.